The third-order valence-corrected chi connectivity index (χ3v) is 8.36. The second kappa shape index (κ2) is 10.1. The number of aryl methyl sites for hydroxylation is 2. The lowest BCUT2D eigenvalue weighted by Gasteiger charge is -2.32. The van der Waals surface area contributed by atoms with Gasteiger partial charge in [-0.15, -0.1) is 0 Å². The number of fused-ring (bicyclic) bond motifs is 2. The van der Waals surface area contributed by atoms with Crippen LogP contribution in [0.4, 0.5) is 8.78 Å². The summed E-state index contributed by atoms with van der Waals surface area (Å²) in [4.78, 5) is 11.7. The molecule has 3 atom stereocenters. The molecule has 0 aromatic heterocycles. The molecule has 1 spiro atoms. The van der Waals surface area contributed by atoms with Crippen LogP contribution in [-0.2, 0) is 28.0 Å². The number of aliphatic carboxylic acids is 1. The number of hydrogen-bond donors (Lipinski definition) is 1. The number of halogens is 2. The Kier molecular flexibility index (Phi) is 7.04. The summed E-state index contributed by atoms with van der Waals surface area (Å²) >= 11 is 0. The molecule has 0 amide bonds. The first-order valence-electron chi connectivity index (χ1n) is 13.6. The normalized spacial score (nSPS) is 20.9. The van der Waals surface area contributed by atoms with Crippen molar-refractivity contribution >= 4 is 5.97 Å². The zero-order valence-corrected chi connectivity index (χ0v) is 23.2. The largest absolute Gasteiger partial charge is 0.486 e. The van der Waals surface area contributed by atoms with Gasteiger partial charge in [-0.3, -0.25) is 4.79 Å². The van der Waals surface area contributed by atoms with Crippen molar-refractivity contribution in [1.82, 2.24) is 0 Å². The minimum absolute atomic E-state index is 0.106. The molecule has 3 aromatic rings. The molecular weight excluding hydrogens is 498 g/mol. The van der Waals surface area contributed by atoms with Crippen molar-refractivity contribution in [1.29, 1.82) is 0 Å². The number of carboxylic acids is 1. The van der Waals surface area contributed by atoms with Crippen LogP contribution < -0.4 is 4.74 Å². The van der Waals surface area contributed by atoms with E-state index >= 15 is 4.39 Å². The highest BCUT2D eigenvalue weighted by Crippen LogP contribution is 2.61. The van der Waals surface area contributed by atoms with Crippen LogP contribution in [0.25, 0.3) is 11.1 Å². The number of benzene rings is 3. The maximum atomic E-state index is 15.8. The smallest absolute Gasteiger partial charge is 0.307 e. The second-order valence-electron chi connectivity index (χ2n) is 12.2. The molecule has 3 aromatic carbocycles. The van der Waals surface area contributed by atoms with Crippen LogP contribution in [0.1, 0.15) is 74.0 Å². The van der Waals surface area contributed by atoms with E-state index in [0.29, 0.717) is 24.0 Å². The lowest BCUT2D eigenvalue weighted by molar-refractivity contribution is -0.139. The van der Waals surface area contributed by atoms with Crippen molar-refractivity contribution in [3.8, 4) is 16.9 Å². The van der Waals surface area contributed by atoms with Gasteiger partial charge < -0.3 is 14.6 Å². The fourth-order valence-electron chi connectivity index (χ4n) is 6.47. The minimum Gasteiger partial charge on any atom is -0.486 e. The first kappa shape index (κ1) is 27.3. The van der Waals surface area contributed by atoms with E-state index in [1.807, 2.05) is 37.3 Å². The molecule has 1 saturated carbocycles. The Morgan fingerprint density at radius 3 is 2.54 bits per heavy atom. The number of hydrogen-bond acceptors (Lipinski definition) is 3. The van der Waals surface area contributed by atoms with Gasteiger partial charge >= 0.3 is 5.97 Å². The van der Waals surface area contributed by atoms with Gasteiger partial charge in [0.05, 0.1) is 12.0 Å². The molecule has 2 aliphatic rings. The predicted molar refractivity (Wildman–Crippen MR) is 147 cm³/mol. The van der Waals surface area contributed by atoms with Crippen molar-refractivity contribution in [2.24, 2.45) is 11.3 Å². The van der Waals surface area contributed by atoms with E-state index < -0.39 is 23.1 Å². The van der Waals surface area contributed by atoms with Crippen molar-refractivity contribution in [2.75, 3.05) is 7.11 Å². The molecule has 0 heterocycles. The summed E-state index contributed by atoms with van der Waals surface area (Å²) in [6.07, 6.45) is 2.44. The zero-order chi connectivity index (χ0) is 28.1. The molecule has 39 heavy (non-hydrogen) atoms. The molecular formula is C33H36F2O4. The molecule has 6 heteroatoms. The topological polar surface area (TPSA) is 55.8 Å². The van der Waals surface area contributed by atoms with E-state index in [0.717, 1.165) is 40.7 Å². The third kappa shape index (κ3) is 4.95. The first-order valence-corrected chi connectivity index (χ1v) is 13.6. The van der Waals surface area contributed by atoms with Gasteiger partial charge in [0.1, 0.15) is 12.4 Å². The van der Waals surface area contributed by atoms with E-state index in [1.165, 1.54) is 6.07 Å². The van der Waals surface area contributed by atoms with Gasteiger partial charge in [-0.1, -0.05) is 50.6 Å². The summed E-state index contributed by atoms with van der Waals surface area (Å²) < 4.78 is 42.7. The molecule has 0 aliphatic heterocycles. The molecule has 2 aliphatic carbocycles. The summed E-state index contributed by atoms with van der Waals surface area (Å²) in [5.74, 6) is -2.03. The van der Waals surface area contributed by atoms with E-state index in [4.69, 9.17) is 9.47 Å². The molecule has 0 radical (unpaired) electrons. The summed E-state index contributed by atoms with van der Waals surface area (Å²) in [6.45, 7) is 8.25. The number of carbonyl (C=O) groups is 1. The fraction of sp³-hybridized carbons (Fsp3) is 0.424. The first-order chi connectivity index (χ1) is 18.5. The van der Waals surface area contributed by atoms with Gasteiger partial charge in [0.2, 0.25) is 0 Å². The van der Waals surface area contributed by atoms with Crippen molar-refractivity contribution in [3.63, 3.8) is 0 Å². The molecule has 4 nitrogen and oxygen atoms in total. The Labute approximate surface area is 229 Å². The highest BCUT2D eigenvalue weighted by Gasteiger charge is 2.62. The Morgan fingerprint density at radius 1 is 1.10 bits per heavy atom. The molecule has 1 fully saturated rings. The predicted octanol–water partition coefficient (Wildman–Crippen LogP) is 7.93. The summed E-state index contributed by atoms with van der Waals surface area (Å²) in [7, 11) is 1.65. The number of ether oxygens (including phenoxy) is 2. The average molecular weight is 535 g/mol. The van der Waals surface area contributed by atoms with Crippen molar-refractivity contribution in [2.45, 2.75) is 71.5 Å². The summed E-state index contributed by atoms with van der Waals surface area (Å²) in [5, 5.41) is 9.61. The zero-order valence-electron chi connectivity index (χ0n) is 23.2. The Hall–Kier alpha value is -3.25. The van der Waals surface area contributed by atoms with Gasteiger partial charge in [0, 0.05) is 23.7 Å². The van der Waals surface area contributed by atoms with E-state index in [2.05, 4.69) is 20.8 Å². The second-order valence-corrected chi connectivity index (χ2v) is 12.2. The van der Waals surface area contributed by atoms with E-state index in [9.17, 15) is 14.3 Å². The fourth-order valence-corrected chi connectivity index (χ4v) is 6.47. The molecule has 1 N–H and O–H groups in total. The molecule has 0 saturated heterocycles. The average Bonchev–Trinajstić information content (AvgIpc) is 3.59. The van der Waals surface area contributed by atoms with Crippen LogP contribution >= 0.6 is 0 Å². The maximum Gasteiger partial charge on any atom is 0.307 e. The lowest BCUT2D eigenvalue weighted by atomic mass is 9.78. The molecule has 0 bridgehead atoms. The minimum atomic E-state index is -0.863. The van der Waals surface area contributed by atoms with Gasteiger partial charge in [-0.05, 0) is 84.5 Å². The van der Waals surface area contributed by atoms with Crippen LogP contribution in [0.5, 0.6) is 5.75 Å². The Bertz CT molecular complexity index is 1420. The van der Waals surface area contributed by atoms with Gasteiger partial charge in [-0.25, -0.2) is 8.78 Å². The van der Waals surface area contributed by atoms with Crippen molar-refractivity contribution < 1.29 is 28.2 Å². The van der Waals surface area contributed by atoms with Crippen LogP contribution in [0, 0.1) is 29.9 Å². The summed E-state index contributed by atoms with van der Waals surface area (Å²) in [6, 6.07) is 14.3. The quantitative estimate of drug-likeness (QED) is 0.334. The molecule has 0 unspecified atom stereocenters. The number of carboxylic acid groups (broad SMARTS) is 1. The highest BCUT2D eigenvalue weighted by atomic mass is 19.1. The number of rotatable bonds is 7. The van der Waals surface area contributed by atoms with E-state index in [-0.39, 0.29) is 29.7 Å². The van der Waals surface area contributed by atoms with Gasteiger partial charge in [-0.2, -0.15) is 0 Å². The Morgan fingerprint density at radius 2 is 1.87 bits per heavy atom. The monoisotopic (exact) mass is 534 g/mol. The van der Waals surface area contributed by atoms with Gasteiger partial charge in [0.15, 0.2) is 11.6 Å². The maximum absolute atomic E-state index is 15.8. The third-order valence-electron chi connectivity index (χ3n) is 8.36. The van der Waals surface area contributed by atoms with Crippen molar-refractivity contribution in [3.05, 3.63) is 88.0 Å². The summed E-state index contributed by atoms with van der Waals surface area (Å²) in [5.41, 5.74) is 4.37. The highest BCUT2D eigenvalue weighted by molar-refractivity contribution is 5.78. The van der Waals surface area contributed by atoms with Crippen LogP contribution in [0.15, 0.2) is 48.5 Å². The lowest BCUT2D eigenvalue weighted by Crippen LogP contribution is -2.23. The van der Waals surface area contributed by atoms with E-state index in [1.54, 1.807) is 19.2 Å². The van der Waals surface area contributed by atoms with Crippen LogP contribution in [0.2, 0.25) is 0 Å². The Balaban J connectivity index is 1.49. The number of methoxy groups -OCH3 is 1. The van der Waals surface area contributed by atoms with Crippen LogP contribution in [0.3, 0.4) is 0 Å². The van der Waals surface area contributed by atoms with Gasteiger partial charge in [0.25, 0.3) is 0 Å². The standard InChI is InChI=1S/C33H36F2O4/c1-19-8-12-26(34)23(15-19)22-11-9-20(16-24(22)30(38-5)32(2,3)4)18-39-27-13-10-21-7-6-14-33(28(21)29(27)35)17-25(33)31(36)37/h8-13,15-16,25,30H,6-7,14,17-18H2,1-5H3,(H,36,37)/t25-,30-,33+/m0/s1. The SMILES string of the molecule is CO[C@@H](c1cc(COc2ccc3c(c2F)[C@]2(CCC3)C[C@H]2C(=O)O)ccc1-c1cc(C)ccc1F)C(C)(C)C. The van der Waals surface area contributed by atoms with Crippen LogP contribution in [-0.4, -0.2) is 18.2 Å². The molecule has 5 rings (SSSR count). The molecule has 206 valence electrons.